The molecule has 1 aromatic heterocycles. The van der Waals surface area contributed by atoms with Crippen molar-refractivity contribution >= 4 is 5.97 Å². The molecule has 1 saturated heterocycles. The Morgan fingerprint density at radius 2 is 2.19 bits per heavy atom. The molecule has 110 valence electrons. The number of piperidine rings is 1. The Kier molecular flexibility index (Phi) is 4.01. The topological polar surface area (TPSA) is 56.1 Å². The molecule has 0 aliphatic carbocycles. The van der Waals surface area contributed by atoms with Gasteiger partial charge in [-0.3, -0.25) is 0 Å². The molecule has 1 aliphatic heterocycles. The van der Waals surface area contributed by atoms with Crippen LogP contribution in [0.15, 0.2) is 36.7 Å². The molecular formula is C16H19N3O2. The zero-order chi connectivity index (χ0) is 14.7. The molecular weight excluding hydrogens is 266 g/mol. The van der Waals surface area contributed by atoms with E-state index < -0.39 is 5.97 Å². The molecule has 1 unspecified atom stereocenters. The summed E-state index contributed by atoms with van der Waals surface area (Å²) in [6, 6.07) is 10.2. The molecule has 1 N–H and O–H groups in total. The molecule has 3 rings (SSSR count). The second-order valence-electron chi connectivity index (χ2n) is 5.21. The molecule has 0 spiro atoms. The van der Waals surface area contributed by atoms with Crippen LogP contribution in [0.5, 0.6) is 0 Å². The lowest BCUT2D eigenvalue weighted by atomic mass is 10.0. The number of carbonyl (C=O) groups excluding carboxylic acids is 1. The molecule has 2 heterocycles. The van der Waals surface area contributed by atoms with Gasteiger partial charge in [0.25, 0.3) is 0 Å². The van der Waals surface area contributed by atoms with Gasteiger partial charge < -0.3 is 14.6 Å². The molecule has 1 aliphatic rings. The summed E-state index contributed by atoms with van der Waals surface area (Å²) in [5.41, 5.74) is 2.21. The summed E-state index contributed by atoms with van der Waals surface area (Å²) in [6.45, 7) is 1.95. The highest BCUT2D eigenvalue weighted by Crippen LogP contribution is 2.29. The number of hydrogen-bond donors (Lipinski definition) is 1. The van der Waals surface area contributed by atoms with Crippen molar-refractivity contribution in [2.75, 3.05) is 20.2 Å². The highest BCUT2D eigenvalue weighted by Gasteiger charge is 2.24. The number of nitrogens with one attached hydrogen (secondary N) is 1. The van der Waals surface area contributed by atoms with Crippen LogP contribution < -0.4 is 5.32 Å². The van der Waals surface area contributed by atoms with Crippen molar-refractivity contribution in [2.24, 2.45) is 0 Å². The van der Waals surface area contributed by atoms with Crippen LogP contribution >= 0.6 is 0 Å². The van der Waals surface area contributed by atoms with Crippen LogP contribution in [-0.4, -0.2) is 35.7 Å². The lowest BCUT2D eigenvalue weighted by Crippen LogP contribution is -2.31. The zero-order valence-corrected chi connectivity index (χ0v) is 12.1. The Bertz CT molecular complexity index is 616. The van der Waals surface area contributed by atoms with E-state index >= 15 is 0 Å². The normalized spacial score (nSPS) is 18.4. The van der Waals surface area contributed by atoms with E-state index in [0.717, 1.165) is 37.2 Å². The minimum Gasteiger partial charge on any atom is -0.464 e. The van der Waals surface area contributed by atoms with Crippen molar-refractivity contribution in [1.29, 1.82) is 0 Å². The van der Waals surface area contributed by atoms with E-state index in [-0.39, 0.29) is 0 Å². The number of esters is 1. The van der Waals surface area contributed by atoms with Crippen molar-refractivity contribution in [1.82, 2.24) is 14.9 Å². The average molecular weight is 285 g/mol. The van der Waals surface area contributed by atoms with Gasteiger partial charge in [-0.25, -0.2) is 9.78 Å². The van der Waals surface area contributed by atoms with E-state index in [9.17, 15) is 4.79 Å². The second kappa shape index (κ2) is 6.10. The summed E-state index contributed by atoms with van der Waals surface area (Å²) in [5, 5.41) is 3.40. The predicted octanol–water partition coefficient (Wildman–Crippen LogP) is 2.26. The summed E-state index contributed by atoms with van der Waals surface area (Å²) in [7, 11) is 1.39. The van der Waals surface area contributed by atoms with E-state index in [4.69, 9.17) is 4.74 Å². The Morgan fingerprint density at radius 1 is 1.38 bits per heavy atom. The van der Waals surface area contributed by atoms with Gasteiger partial charge in [0.1, 0.15) is 0 Å². The van der Waals surface area contributed by atoms with Crippen molar-refractivity contribution < 1.29 is 9.53 Å². The Balaban J connectivity index is 2.08. The van der Waals surface area contributed by atoms with Crippen LogP contribution in [0.4, 0.5) is 0 Å². The van der Waals surface area contributed by atoms with Crippen LogP contribution in [0.3, 0.4) is 0 Å². The van der Waals surface area contributed by atoms with Gasteiger partial charge in [0.2, 0.25) is 0 Å². The number of ether oxygens (including phenoxy) is 1. The monoisotopic (exact) mass is 285 g/mol. The number of benzene rings is 1. The zero-order valence-electron chi connectivity index (χ0n) is 12.1. The van der Waals surface area contributed by atoms with Gasteiger partial charge in [0, 0.05) is 18.2 Å². The molecule has 2 aromatic rings. The van der Waals surface area contributed by atoms with Crippen molar-refractivity contribution in [3.05, 3.63) is 42.4 Å². The summed E-state index contributed by atoms with van der Waals surface area (Å²) in [5.74, 6) is -0.392. The molecule has 1 aromatic carbocycles. The van der Waals surface area contributed by atoms with Gasteiger partial charge in [-0.15, -0.1) is 0 Å². The fraction of sp³-hybridized carbons (Fsp3) is 0.375. The second-order valence-corrected chi connectivity index (χ2v) is 5.21. The smallest absolute Gasteiger partial charge is 0.358 e. The molecule has 5 nitrogen and oxygen atoms in total. The van der Waals surface area contributed by atoms with E-state index in [1.807, 2.05) is 30.3 Å². The summed E-state index contributed by atoms with van der Waals surface area (Å²) in [6.07, 6.45) is 3.97. The average Bonchev–Trinajstić information content (AvgIpc) is 3.00. The Morgan fingerprint density at radius 3 is 2.86 bits per heavy atom. The molecule has 0 saturated carbocycles. The van der Waals surface area contributed by atoms with E-state index in [1.54, 1.807) is 6.33 Å². The third-order valence-electron chi connectivity index (χ3n) is 3.88. The maximum atomic E-state index is 12.0. The molecule has 1 atom stereocenters. The van der Waals surface area contributed by atoms with E-state index in [2.05, 4.69) is 14.9 Å². The van der Waals surface area contributed by atoms with Gasteiger partial charge >= 0.3 is 5.97 Å². The molecule has 0 radical (unpaired) electrons. The molecule has 1 fully saturated rings. The van der Waals surface area contributed by atoms with Gasteiger partial charge in [-0.05, 0) is 19.4 Å². The number of aromatic nitrogens is 2. The minimum atomic E-state index is -0.392. The standard InChI is InChI=1S/C16H19N3O2/c1-21-16(20)14-15(12-6-3-2-4-7-12)19(11-18-14)13-8-5-9-17-10-13/h2-4,6-7,11,13,17H,5,8-10H2,1H3. The van der Waals surface area contributed by atoms with Gasteiger partial charge in [0.15, 0.2) is 5.69 Å². The number of nitrogens with zero attached hydrogens (tertiary/aromatic N) is 2. The lowest BCUT2D eigenvalue weighted by Gasteiger charge is -2.26. The van der Waals surface area contributed by atoms with Crippen LogP contribution in [0.25, 0.3) is 11.3 Å². The molecule has 21 heavy (non-hydrogen) atoms. The largest absolute Gasteiger partial charge is 0.464 e. The van der Waals surface area contributed by atoms with Crippen LogP contribution in [0.2, 0.25) is 0 Å². The highest BCUT2D eigenvalue weighted by atomic mass is 16.5. The van der Waals surface area contributed by atoms with Crippen LogP contribution in [-0.2, 0) is 4.74 Å². The minimum absolute atomic E-state index is 0.319. The first-order valence-electron chi connectivity index (χ1n) is 7.22. The highest BCUT2D eigenvalue weighted by molar-refractivity contribution is 5.94. The first-order chi connectivity index (χ1) is 10.3. The van der Waals surface area contributed by atoms with Gasteiger partial charge in [-0.1, -0.05) is 30.3 Å². The maximum Gasteiger partial charge on any atom is 0.358 e. The fourth-order valence-electron chi connectivity index (χ4n) is 2.84. The first-order valence-corrected chi connectivity index (χ1v) is 7.22. The molecule has 0 amide bonds. The Labute approximate surface area is 124 Å². The number of carbonyl (C=O) groups is 1. The summed E-state index contributed by atoms with van der Waals surface area (Å²) in [4.78, 5) is 16.3. The van der Waals surface area contributed by atoms with Gasteiger partial charge in [-0.2, -0.15) is 0 Å². The molecule has 0 bridgehead atoms. The van der Waals surface area contributed by atoms with Crippen molar-refractivity contribution in [2.45, 2.75) is 18.9 Å². The molecule has 5 heteroatoms. The third kappa shape index (κ3) is 2.69. The summed E-state index contributed by atoms with van der Waals surface area (Å²) >= 11 is 0. The first kappa shape index (κ1) is 13.8. The van der Waals surface area contributed by atoms with Crippen molar-refractivity contribution in [3.8, 4) is 11.3 Å². The number of hydrogen-bond acceptors (Lipinski definition) is 4. The number of rotatable bonds is 3. The van der Waals surface area contributed by atoms with E-state index in [1.165, 1.54) is 7.11 Å². The number of methoxy groups -OCH3 is 1. The predicted molar refractivity (Wildman–Crippen MR) is 80.1 cm³/mol. The van der Waals surface area contributed by atoms with Crippen LogP contribution in [0.1, 0.15) is 29.4 Å². The van der Waals surface area contributed by atoms with Crippen molar-refractivity contribution in [3.63, 3.8) is 0 Å². The number of imidazole rings is 1. The lowest BCUT2D eigenvalue weighted by molar-refractivity contribution is 0.0595. The summed E-state index contributed by atoms with van der Waals surface area (Å²) < 4.78 is 6.97. The van der Waals surface area contributed by atoms with E-state index in [0.29, 0.717) is 11.7 Å². The third-order valence-corrected chi connectivity index (χ3v) is 3.88. The maximum absolute atomic E-state index is 12.0. The van der Waals surface area contributed by atoms with Crippen LogP contribution in [0, 0.1) is 0 Å². The fourth-order valence-corrected chi connectivity index (χ4v) is 2.84. The SMILES string of the molecule is COC(=O)c1ncn(C2CCCNC2)c1-c1ccccc1. The quantitative estimate of drug-likeness (QED) is 0.879. The Hall–Kier alpha value is -2.14. The van der Waals surface area contributed by atoms with Gasteiger partial charge in [0.05, 0.1) is 19.1 Å².